The van der Waals surface area contributed by atoms with Gasteiger partial charge in [0.05, 0.1) is 23.1 Å². The Kier molecular flexibility index (Phi) is 4.82. The van der Waals surface area contributed by atoms with Gasteiger partial charge in [0.2, 0.25) is 5.91 Å². The number of carbonyl (C=O) groups excluding carboxylic acids is 4. The van der Waals surface area contributed by atoms with Crippen LogP contribution in [0.4, 0.5) is 0 Å². The maximum Gasteiger partial charge on any atom is 0.262 e. The number of ketones is 1. The number of hydrogen-bond donors (Lipinski definition) is 0. The van der Waals surface area contributed by atoms with Crippen LogP contribution in [0, 0.1) is 6.92 Å². The molecule has 0 atom stereocenters. The first-order valence-electron chi connectivity index (χ1n) is 10.5. The van der Waals surface area contributed by atoms with Crippen molar-refractivity contribution in [1.82, 2.24) is 9.80 Å². The van der Waals surface area contributed by atoms with Gasteiger partial charge in [-0.3, -0.25) is 24.1 Å². The molecule has 0 aliphatic carbocycles. The highest BCUT2D eigenvalue weighted by atomic mass is 35.5. The SMILES string of the molecule is Cc1cc(Cl)cc2c1OC1(CCN(C(=O)CN3C(=O)c4ccccc4C3=O)CC1)CC2=O. The first-order valence-corrected chi connectivity index (χ1v) is 10.9. The number of nitrogens with zero attached hydrogens (tertiary/aromatic N) is 2. The summed E-state index contributed by atoms with van der Waals surface area (Å²) in [5.74, 6) is -0.627. The van der Waals surface area contributed by atoms with Crippen molar-refractivity contribution in [2.24, 2.45) is 0 Å². The quantitative estimate of drug-likeness (QED) is 0.653. The summed E-state index contributed by atoms with van der Waals surface area (Å²) in [5, 5.41) is 0.503. The van der Waals surface area contributed by atoms with Crippen LogP contribution < -0.4 is 4.74 Å². The molecule has 5 rings (SSSR count). The number of likely N-dealkylation sites (tertiary alicyclic amines) is 1. The van der Waals surface area contributed by atoms with Crippen molar-refractivity contribution in [2.75, 3.05) is 19.6 Å². The largest absolute Gasteiger partial charge is 0.486 e. The minimum absolute atomic E-state index is 0.0114. The molecule has 1 spiro atoms. The fraction of sp³-hybridized carbons (Fsp3) is 0.333. The lowest BCUT2D eigenvalue weighted by molar-refractivity contribution is -0.135. The van der Waals surface area contributed by atoms with Crippen molar-refractivity contribution in [1.29, 1.82) is 0 Å². The summed E-state index contributed by atoms with van der Waals surface area (Å²) in [6.07, 6.45) is 1.22. The van der Waals surface area contributed by atoms with Gasteiger partial charge in [-0.1, -0.05) is 23.7 Å². The smallest absolute Gasteiger partial charge is 0.262 e. The average Bonchev–Trinajstić information content (AvgIpc) is 3.00. The molecule has 0 unspecified atom stereocenters. The van der Waals surface area contributed by atoms with Gasteiger partial charge in [-0.05, 0) is 36.8 Å². The molecule has 7 nitrogen and oxygen atoms in total. The molecule has 0 radical (unpaired) electrons. The average molecular weight is 453 g/mol. The van der Waals surface area contributed by atoms with Gasteiger partial charge in [-0.2, -0.15) is 0 Å². The summed E-state index contributed by atoms with van der Waals surface area (Å²) in [7, 11) is 0. The van der Waals surface area contributed by atoms with Crippen LogP contribution in [0.25, 0.3) is 0 Å². The number of carbonyl (C=O) groups is 4. The van der Waals surface area contributed by atoms with Crippen LogP contribution in [0.3, 0.4) is 0 Å². The maximum absolute atomic E-state index is 12.9. The molecule has 3 heterocycles. The van der Waals surface area contributed by atoms with E-state index in [0.29, 0.717) is 53.4 Å². The Morgan fingerprint density at radius 3 is 2.28 bits per heavy atom. The van der Waals surface area contributed by atoms with Crippen LogP contribution in [0.2, 0.25) is 5.02 Å². The second kappa shape index (κ2) is 7.45. The third kappa shape index (κ3) is 3.28. The Balaban J connectivity index is 1.26. The van der Waals surface area contributed by atoms with Gasteiger partial charge < -0.3 is 9.64 Å². The number of ether oxygens (including phenoxy) is 1. The number of Topliss-reactive ketones (excluding diaryl/α,β-unsaturated/α-hetero) is 1. The molecule has 1 saturated heterocycles. The number of halogens is 1. The van der Waals surface area contributed by atoms with E-state index in [1.54, 1.807) is 41.3 Å². The first-order chi connectivity index (χ1) is 15.3. The summed E-state index contributed by atoms with van der Waals surface area (Å²) in [5.41, 5.74) is 1.31. The van der Waals surface area contributed by atoms with Crippen molar-refractivity contribution in [3.8, 4) is 5.75 Å². The van der Waals surface area contributed by atoms with Gasteiger partial charge in [-0.15, -0.1) is 0 Å². The highest BCUT2D eigenvalue weighted by Gasteiger charge is 2.45. The predicted octanol–water partition coefficient (Wildman–Crippen LogP) is 3.27. The molecule has 164 valence electrons. The second-order valence-corrected chi connectivity index (χ2v) is 9.04. The van der Waals surface area contributed by atoms with Gasteiger partial charge >= 0.3 is 0 Å². The molecule has 2 aromatic carbocycles. The lowest BCUT2D eigenvalue weighted by Crippen LogP contribution is -2.54. The lowest BCUT2D eigenvalue weighted by Gasteiger charge is -2.44. The Morgan fingerprint density at radius 2 is 1.66 bits per heavy atom. The Bertz CT molecular complexity index is 1150. The van der Waals surface area contributed by atoms with E-state index in [1.807, 2.05) is 6.92 Å². The highest BCUT2D eigenvalue weighted by molar-refractivity contribution is 6.31. The van der Waals surface area contributed by atoms with Crippen LogP contribution in [-0.4, -0.2) is 58.5 Å². The fourth-order valence-corrected chi connectivity index (χ4v) is 5.05. The molecule has 2 aromatic rings. The molecule has 3 amide bonds. The molecule has 0 aromatic heterocycles. The zero-order chi connectivity index (χ0) is 22.6. The number of piperidine rings is 1. The molecule has 0 N–H and O–H groups in total. The van der Waals surface area contributed by atoms with Crippen molar-refractivity contribution < 1.29 is 23.9 Å². The standard InChI is InChI=1S/C24H21ClN2O5/c1-14-10-15(25)11-18-19(28)12-24(32-21(14)18)6-8-26(9-7-24)20(29)13-27-22(30)16-4-2-3-5-17(16)23(27)31/h2-5,10-11H,6-9,12-13H2,1H3. The molecule has 1 fully saturated rings. The molecule has 0 bridgehead atoms. The van der Waals surface area contributed by atoms with E-state index in [0.717, 1.165) is 10.5 Å². The van der Waals surface area contributed by atoms with E-state index in [4.69, 9.17) is 16.3 Å². The van der Waals surface area contributed by atoms with Gasteiger partial charge in [0.15, 0.2) is 5.78 Å². The Labute approximate surface area is 189 Å². The van der Waals surface area contributed by atoms with Crippen molar-refractivity contribution in [3.05, 3.63) is 63.7 Å². The summed E-state index contributed by atoms with van der Waals surface area (Å²) >= 11 is 6.09. The molecule has 8 heteroatoms. The van der Waals surface area contributed by atoms with E-state index in [9.17, 15) is 19.2 Å². The summed E-state index contributed by atoms with van der Waals surface area (Å²) in [4.78, 5) is 53.4. The normalized spacial score (nSPS) is 19.1. The predicted molar refractivity (Wildman–Crippen MR) is 116 cm³/mol. The minimum atomic E-state index is -0.658. The summed E-state index contributed by atoms with van der Waals surface area (Å²) in [6, 6.07) is 9.98. The van der Waals surface area contributed by atoms with Crippen molar-refractivity contribution in [2.45, 2.75) is 31.8 Å². The fourth-order valence-electron chi connectivity index (χ4n) is 4.77. The maximum atomic E-state index is 12.9. The monoisotopic (exact) mass is 452 g/mol. The van der Waals surface area contributed by atoms with Crippen molar-refractivity contribution >= 4 is 35.1 Å². The Hall–Kier alpha value is -3.19. The van der Waals surface area contributed by atoms with Crippen LogP contribution >= 0.6 is 11.6 Å². The number of amides is 3. The van der Waals surface area contributed by atoms with Crippen LogP contribution in [0.15, 0.2) is 36.4 Å². The van der Waals surface area contributed by atoms with Gasteiger partial charge in [0, 0.05) is 31.0 Å². The molecule has 32 heavy (non-hydrogen) atoms. The number of imide groups is 1. The number of rotatable bonds is 2. The summed E-state index contributed by atoms with van der Waals surface area (Å²) in [6.45, 7) is 2.34. The Morgan fingerprint density at radius 1 is 1.03 bits per heavy atom. The lowest BCUT2D eigenvalue weighted by atomic mass is 9.82. The second-order valence-electron chi connectivity index (χ2n) is 8.61. The first kappa shape index (κ1) is 20.7. The number of benzene rings is 2. The molecule has 3 aliphatic rings. The molecule has 3 aliphatic heterocycles. The van der Waals surface area contributed by atoms with E-state index >= 15 is 0 Å². The van der Waals surface area contributed by atoms with Gasteiger partial charge in [0.1, 0.15) is 17.9 Å². The van der Waals surface area contributed by atoms with Crippen LogP contribution in [0.1, 0.15) is 55.9 Å². The number of hydrogen-bond acceptors (Lipinski definition) is 5. The number of fused-ring (bicyclic) bond motifs is 2. The van der Waals surface area contributed by atoms with Gasteiger partial charge in [0.25, 0.3) is 11.8 Å². The van der Waals surface area contributed by atoms with Gasteiger partial charge in [-0.25, -0.2) is 0 Å². The number of aryl methyl sites for hydroxylation is 1. The highest BCUT2D eigenvalue weighted by Crippen LogP contribution is 2.42. The van der Waals surface area contributed by atoms with E-state index in [2.05, 4.69) is 0 Å². The zero-order valence-corrected chi connectivity index (χ0v) is 18.3. The van der Waals surface area contributed by atoms with E-state index in [-0.39, 0.29) is 24.7 Å². The minimum Gasteiger partial charge on any atom is -0.486 e. The zero-order valence-electron chi connectivity index (χ0n) is 17.5. The van der Waals surface area contributed by atoms with E-state index in [1.165, 1.54) is 0 Å². The van der Waals surface area contributed by atoms with Crippen molar-refractivity contribution in [3.63, 3.8) is 0 Å². The summed E-state index contributed by atoms with van der Waals surface area (Å²) < 4.78 is 6.32. The molecular weight excluding hydrogens is 432 g/mol. The molecular formula is C24H21ClN2O5. The molecule has 0 saturated carbocycles. The van der Waals surface area contributed by atoms with E-state index < -0.39 is 17.4 Å². The third-order valence-corrected chi connectivity index (χ3v) is 6.76. The van der Waals surface area contributed by atoms with Crippen LogP contribution in [-0.2, 0) is 4.79 Å². The third-order valence-electron chi connectivity index (χ3n) is 6.54. The topological polar surface area (TPSA) is 84.0 Å². The van der Waals surface area contributed by atoms with Crippen LogP contribution in [0.5, 0.6) is 5.75 Å².